The van der Waals surface area contributed by atoms with Crippen LogP contribution >= 0.6 is 0 Å². The molecule has 1 heterocycles. The number of rotatable bonds is 5. The lowest BCUT2D eigenvalue weighted by atomic mass is 10.1. The third kappa shape index (κ3) is 3.95. The molecule has 1 N–H and O–H groups in total. The summed E-state index contributed by atoms with van der Waals surface area (Å²) < 4.78 is 22.7. The highest BCUT2D eigenvalue weighted by Gasteiger charge is 2.39. The largest absolute Gasteiger partial charge is 0.322 e. The van der Waals surface area contributed by atoms with Crippen molar-refractivity contribution in [3.63, 3.8) is 0 Å². The Hall–Kier alpha value is -0.620. The SMILES string of the molecule is CC(C)CC1NC(C)C(=O)N1C(C)CS(C)(=O)=O. The molecule has 1 rings (SSSR count). The summed E-state index contributed by atoms with van der Waals surface area (Å²) in [5.74, 6) is 0.465. The molecule has 3 atom stereocenters. The second-order valence-corrected chi connectivity index (χ2v) is 7.91. The van der Waals surface area contributed by atoms with E-state index in [9.17, 15) is 13.2 Å². The van der Waals surface area contributed by atoms with Gasteiger partial charge in [0, 0.05) is 12.3 Å². The molecule has 1 aliphatic heterocycles. The number of sulfone groups is 1. The Labute approximate surface area is 110 Å². The van der Waals surface area contributed by atoms with Gasteiger partial charge in [0.15, 0.2) is 0 Å². The average Bonchev–Trinajstić information content (AvgIpc) is 2.38. The van der Waals surface area contributed by atoms with Crippen molar-refractivity contribution in [2.24, 2.45) is 5.92 Å². The maximum Gasteiger partial charge on any atom is 0.240 e. The second-order valence-electron chi connectivity index (χ2n) is 5.72. The fourth-order valence-electron chi connectivity index (χ4n) is 2.49. The summed E-state index contributed by atoms with van der Waals surface area (Å²) in [5, 5.41) is 3.23. The zero-order valence-corrected chi connectivity index (χ0v) is 12.6. The van der Waals surface area contributed by atoms with E-state index < -0.39 is 9.84 Å². The molecular weight excluding hydrogens is 252 g/mol. The summed E-state index contributed by atoms with van der Waals surface area (Å²) in [7, 11) is -3.08. The van der Waals surface area contributed by atoms with Gasteiger partial charge >= 0.3 is 0 Å². The maximum atomic E-state index is 12.1. The summed E-state index contributed by atoms with van der Waals surface area (Å²) in [5.41, 5.74) is 0. The van der Waals surface area contributed by atoms with Gasteiger partial charge in [-0.2, -0.15) is 0 Å². The number of nitrogens with zero attached hydrogens (tertiary/aromatic N) is 1. The Balaban J connectivity index is 2.83. The molecule has 0 spiro atoms. The van der Waals surface area contributed by atoms with Crippen LogP contribution < -0.4 is 5.32 Å². The molecule has 0 bridgehead atoms. The van der Waals surface area contributed by atoms with E-state index in [-0.39, 0.29) is 29.9 Å². The minimum absolute atomic E-state index is 0.00296. The Morgan fingerprint density at radius 3 is 2.33 bits per heavy atom. The molecule has 0 aromatic carbocycles. The van der Waals surface area contributed by atoms with E-state index in [1.165, 1.54) is 6.26 Å². The van der Waals surface area contributed by atoms with E-state index in [4.69, 9.17) is 0 Å². The van der Waals surface area contributed by atoms with Crippen LogP contribution in [0.3, 0.4) is 0 Å². The first-order valence-corrected chi connectivity index (χ1v) is 8.44. The highest BCUT2D eigenvalue weighted by molar-refractivity contribution is 7.90. The van der Waals surface area contributed by atoms with Crippen LogP contribution in [0.15, 0.2) is 0 Å². The Kier molecular flexibility index (Phi) is 4.78. The van der Waals surface area contributed by atoms with E-state index in [1.807, 2.05) is 6.92 Å². The summed E-state index contributed by atoms with van der Waals surface area (Å²) in [6, 6.07) is -0.510. The van der Waals surface area contributed by atoms with Crippen molar-refractivity contribution in [1.29, 1.82) is 0 Å². The first-order chi connectivity index (χ1) is 8.11. The number of carbonyl (C=O) groups excluding carboxylic acids is 1. The van der Waals surface area contributed by atoms with Gasteiger partial charge < -0.3 is 4.90 Å². The normalized spacial score (nSPS) is 27.0. The van der Waals surface area contributed by atoms with Crippen molar-refractivity contribution < 1.29 is 13.2 Å². The van der Waals surface area contributed by atoms with Crippen LogP contribution in [0.5, 0.6) is 0 Å². The second kappa shape index (κ2) is 5.57. The van der Waals surface area contributed by atoms with Crippen LogP contribution in [0.25, 0.3) is 0 Å². The molecule has 0 aromatic heterocycles. The number of amides is 1. The van der Waals surface area contributed by atoms with Crippen molar-refractivity contribution >= 4 is 15.7 Å². The molecule has 0 saturated carbocycles. The lowest BCUT2D eigenvalue weighted by Crippen LogP contribution is -2.46. The highest BCUT2D eigenvalue weighted by Crippen LogP contribution is 2.20. The summed E-state index contributed by atoms with van der Waals surface area (Å²) >= 11 is 0. The van der Waals surface area contributed by atoms with Gasteiger partial charge in [-0.05, 0) is 26.2 Å². The molecule has 5 nitrogen and oxygen atoms in total. The molecule has 0 aliphatic carbocycles. The smallest absolute Gasteiger partial charge is 0.240 e. The first kappa shape index (κ1) is 15.4. The highest BCUT2D eigenvalue weighted by atomic mass is 32.2. The van der Waals surface area contributed by atoms with Crippen LogP contribution in [0.1, 0.15) is 34.1 Å². The third-order valence-corrected chi connectivity index (χ3v) is 4.20. The van der Waals surface area contributed by atoms with Crippen LogP contribution in [0.2, 0.25) is 0 Å². The van der Waals surface area contributed by atoms with Crippen molar-refractivity contribution in [3.8, 4) is 0 Å². The molecular formula is C12H24N2O3S. The predicted molar refractivity (Wildman–Crippen MR) is 71.9 cm³/mol. The number of hydrogen-bond acceptors (Lipinski definition) is 4. The first-order valence-electron chi connectivity index (χ1n) is 6.37. The van der Waals surface area contributed by atoms with E-state index >= 15 is 0 Å². The molecule has 0 aromatic rings. The van der Waals surface area contributed by atoms with E-state index in [0.717, 1.165) is 6.42 Å². The molecule has 0 radical (unpaired) electrons. The van der Waals surface area contributed by atoms with E-state index in [1.54, 1.807) is 11.8 Å². The number of carbonyl (C=O) groups is 1. The molecule has 1 amide bonds. The zero-order valence-electron chi connectivity index (χ0n) is 11.8. The minimum atomic E-state index is -3.08. The van der Waals surface area contributed by atoms with Crippen LogP contribution in [-0.4, -0.2) is 49.5 Å². The molecule has 1 fully saturated rings. The van der Waals surface area contributed by atoms with Gasteiger partial charge in [0.1, 0.15) is 9.84 Å². The Morgan fingerprint density at radius 2 is 1.89 bits per heavy atom. The van der Waals surface area contributed by atoms with Crippen LogP contribution in [0, 0.1) is 5.92 Å². The summed E-state index contributed by atoms with van der Waals surface area (Å²) in [6.07, 6.45) is 1.99. The van der Waals surface area contributed by atoms with Crippen molar-refractivity contribution in [2.45, 2.75) is 52.4 Å². The molecule has 106 valence electrons. The lowest BCUT2D eigenvalue weighted by Gasteiger charge is -2.31. The molecule has 3 unspecified atom stereocenters. The predicted octanol–water partition coefficient (Wildman–Crippen LogP) is 0.612. The number of hydrogen-bond donors (Lipinski definition) is 1. The average molecular weight is 276 g/mol. The molecule has 18 heavy (non-hydrogen) atoms. The van der Waals surface area contributed by atoms with Crippen LogP contribution in [0.4, 0.5) is 0 Å². The number of nitrogens with one attached hydrogen (secondary N) is 1. The molecule has 1 aliphatic rings. The third-order valence-electron chi connectivity index (χ3n) is 3.12. The topological polar surface area (TPSA) is 66.5 Å². The minimum Gasteiger partial charge on any atom is -0.322 e. The van der Waals surface area contributed by atoms with Gasteiger partial charge in [0.25, 0.3) is 0 Å². The van der Waals surface area contributed by atoms with Gasteiger partial charge in [-0.25, -0.2) is 8.42 Å². The lowest BCUT2D eigenvalue weighted by molar-refractivity contribution is -0.131. The van der Waals surface area contributed by atoms with Gasteiger partial charge in [-0.1, -0.05) is 13.8 Å². The zero-order chi connectivity index (χ0) is 14.1. The quantitative estimate of drug-likeness (QED) is 0.799. The Morgan fingerprint density at radius 1 is 1.33 bits per heavy atom. The van der Waals surface area contributed by atoms with Gasteiger partial charge in [-0.3, -0.25) is 10.1 Å². The van der Waals surface area contributed by atoms with Gasteiger partial charge in [0.2, 0.25) is 5.91 Å². The van der Waals surface area contributed by atoms with Crippen molar-refractivity contribution in [1.82, 2.24) is 10.2 Å². The van der Waals surface area contributed by atoms with E-state index in [2.05, 4.69) is 19.2 Å². The van der Waals surface area contributed by atoms with E-state index in [0.29, 0.717) is 5.92 Å². The standard InChI is InChI=1S/C12H24N2O3S/c1-8(2)6-11-13-10(4)12(15)14(11)9(3)7-18(5,16)17/h8-11,13H,6-7H2,1-5H3. The maximum absolute atomic E-state index is 12.1. The fourth-order valence-corrected chi connectivity index (χ4v) is 3.53. The molecule has 6 heteroatoms. The van der Waals surface area contributed by atoms with Crippen molar-refractivity contribution in [3.05, 3.63) is 0 Å². The Bertz CT molecular complexity index is 406. The van der Waals surface area contributed by atoms with Gasteiger partial charge in [-0.15, -0.1) is 0 Å². The summed E-state index contributed by atoms with van der Waals surface area (Å²) in [6.45, 7) is 7.80. The van der Waals surface area contributed by atoms with Crippen molar-refractivity contribution in [2.75, 3.05) is 12.0 Å². The monoisotopic (exact) mass is 276 g/mol. The fraction of sp³-hybridized carbons (Fsp3) is 0.917. The van der Waals surface area contributed by atoms with Gasteiger partial charge in [0.05, 0.1) is 18.0 Å². The molecule has 1 saturated heterocycles. The van der Waals surface area contributed by atoms with Crippen LogP contribution in [-0.2, 0) is 14.6 Å². The summed E-state index contributed by atoms with van der Waals surface area (Å²) in [4.78, 5) is 13.8.